The molecule has 7 N–H and O–H groups in total. The number of aliphatic hydroxyl groups excluding tert-OH is 2. The number of anilines is 1. The van der Waals surface area contributed by atoms with E-state index in [4.69, 9.17) is 21.3 Å². The number of nitrogens with two attached hydrogens (primary N) is 2. The van der Waals surface area contributed by atoms with Crippen LogP contribution in [0.3, 0.4) is 0 Å². The molecule has 5 rings (SSSR count). The Kier molecular flexibility index (Phi) is 7.71. The molecular formula is C23H34N6O4. The Morgan fingerprint density at radius 2 is 1.88 bits per heavy atom. The minimum absolute atomic E-state index is 0.112. The number of ether oxygens (including phenoxy) is 1. The molecule has 2 heterocycles. The number of aromatic nitrogens is 3. The van der Waals surface area contributed by atoms with Gasteiger partial charge in [-0.2, -0.15) is 4.98 Å². The second-order valence-corrected chi connectivity index (χ2v) is 9.16. The largest absolute Gasteiger partial charge is 0.394 e. The summed E-state index contributed by atoms with van der Waals surface area (Å²) in [5.74, 6) is 0.644. The minimum Gasteiger partial charge on any atom is -0.394 e. The lowest BCUT2D eigenvalue weighted by Crippen LogP contribution is -2.38. The van der Waals surface area contributed by atoms with Gasteiger partial charge >= 0.3 is 5.69 Å². The molecule has 1 aromatic heterocycles. The summed E-state index contributed by atoms with van der Waals surface area (Å²) < 4.78 is 6.41. The highest BCUT2D eigenvalue weighted by molar-refractivity contribution is 5.27. The molecule has 3 fully saturated rings. The number of nitrogens with one attached hydrogen (secondary N) is 1. The molecular weight excluding hydrogens is 424 g/mol. The second-order valence-electron chi connectivity index (χ2n) is 9.16. The van der Waals surface area contributed by atoms with Gasteiger partial charge in [0.25, 0.3) is 0 Å². The van der Waals surface area contributed by atoms with Gasteiger partial charge in [0.05, 0.1) is 12.7 Å². The topological polar surface area (TPSA) is 162 Å². The Hall–Kier alpha value is -2.37. The quantitative estimate of drug-likeness (QED) is 0.423. The predicted octanol–water partition coefficient (Wildman–Crippen LogP) is 0.263. The van der Waals surface area contributed by atoms with Gasteiger partial charge < -0.3 is 31.7 Å². The molecule has 10 heteroatoms. The van der Waals surface area contributed by atoms with E-state index in [0.717, 1.165) is 16.5 Å². The van der Waals surface area contributed by atoms with Crippen molar-refractivity contribution in [2.75, 3.05) is 12.3 Å². The van der Waals surface area contributed by atoms with Gasteiger partial charge in [-0.15, -0.1) is 0 Å². The summed E-state index contributed by atoms with van der Waals surface area (Å²) in [5.41, 5.74) is 12.1. The number of benzene rings is 1. The normalized spacial score (nSPS) is 33.2. The fourth-order valence-electron chi connectivity index (χ4n) is 4.64. The molecule has 180 valence electrons. The van der Waals surface area contributed by atoms with Crippen molar-refractivity contribution in [2.24, 2.45) is 5.73 Å². The van der Waals surface area contributed by atoms with E-state index in [1.165, 1.54) is 44.0 Å². The van der Waals surface area contributed by atoms with Crippen LogP contribution in [0.4, 0.5) is 5.95 Å². The van der Waals surface area contributed by atoms with Gasteiger partial charge in [-0.3, -0.25) is 4.57 Å². The summed E-state index contributed by atoms with van der Waals surface area (Å²) in [6, 6.07) is 12.8. The smallest absolute Gasteiger partial charge is 0.354 e. The highest BCUT2D eigenvalue weighted by atomic mass is 16.5. The second kappa shape index (κ2) is 10.7. The van der Waals surface area contributed by atoms with Gasteiger partial charge in [0.15, 0.2) is 0 Å². The zero-order valence-electron chi connectivity index (χ0n) is 18.7. The third-order valence-corrected chi connectivity index (χ3v) is 6.68. The Labute approximate surface area is 193 Å². The van der Waals surface area contributed by atoms with Crippen molar-refractivity contribution in [2.45, 2.75) is 81.0 Å². The molecule has 2 aromatic rings. The van der Waals surface area contributed by atoms with E-state index in [0.29, 0.717) is 12.1 Å². The Balaban J connectivity index is 0.000000157. The molecule has 1 saturated heterocycles. The minimum atomic E-state index is -0.806. The van der Waals surface area contributed by atoms with Crippen LogP contribution in [0.1, 0.15) is 56.2 Å². The standard InChI is InChI=1S/C15H22N2.C8H12N4O4/c16-12-6-8-13(9-7-12)17-15-10-14(15)11-4-2-1-3-5-11;9-7-10-3-12(8(15)11-7)6-1-4(14)5(2-13)16-6/h1-5,12-15,17H,6-10,16H2;3-6,13-14H,1-2H2,(H2,9,11,15). The Bertz CT molecular complexity index is 949. The van der Waals surface area contributed by atoms with Crippen LogP contribution in [0.25, 0.3) is 0 Å². The van der Waals surface area contributed by atoms with Crippen molar-refractivity contribution in [1.29, 1.82) is 0 Å². The number of hydrogen-bond acceptors (Lipinski definition) is 9. The van der Waals surface area contributed by atoms with E-state index in [1.807, 2.05) is 0 Å². The summed E-state index contributed by atoms with van der Waals surface area (Å²) in [6.45, 7) is -0.303. The SMILES string of the molecule is NC1CCC(NC2CC2c2ccccc2)CC1.Nc1ncn(C2CC(O)C(CO)O2)c(=O)n1. The van der Waals surface area contributed by atoms with Crippen molar-refractivity contribution in [3.63, 3.8) is 0 Å². The van der Waals surface area contributed by atoms with Crippen molar-refractivity contribution in [3.05, 3.63) is 52.7 Å². The van der Waals surface area contributed by atoms with Crippen LogP contribution in [-0.2, 0) is 4.74 Å². The number of nitrogen functional groups attached to an aromatic ring is 1. The van der Waals surface area contributed by atoms with Gasteiger partial charge in [-0.25, -0.2) is 9.78 Å². The predicted molar refractivity (Wildman–Crippen MR) is 123 cm³/mol. The average Bonchev–Trinajstić information content (AvgIpc) is 3.48. The van der Waals surface area contributed by atoms with Gasteiger partial charge in [-0.05, 0) is 37.7 Å². The van der Waals surface area contributed by atoms with Gasteiger partial charge in [0, 0.05) is 30.5 Å². The number of rotatable bonds is 5. The first-order valence-corrected chi connectivity index (χ1v) is 11.7. The Morgan fingerprint density at radius 3 is 2.52 bits per heavy atom. The van der Waals surface area contributed by atoms with E-state index < -0.39 is 24.1 Å². The third kappa shape index (κ3) is 6.15. The van der Waals surface area contributed by atoms with Crippen LogP contribution < -0.4 is 22.5 Å². The van der Waals surface area contributed by atoms with Gasteiger partial charge in [0.1, 0.15) is 18.7 Å². The van der Waals surface area contributed by atoms with Crippen LogP contribution in [0, 0.1) is 0 Å². The lowest BCUT2D eigenvalue weighted by molar-refractivity contribution is -0.0462. The molecule has 5 unspecified atom stereocenters. The van der Waals surface area contributed by atoms with Crippen LogP contribution in [0.5, 0.6) is 0 Å². The van der Waals surface area contributed by atoms with Crippen molar-refractivity contribution < 1.29 is 14.9 Å². The van der Waals surface area contributed by atoms with Gasteiger partial charge in [0.2, 0.25) is 5.95 Å². The third-order valence-electron chi connectivity index (χ3n) is 6.68. The van der Waals surface area contributed by atoms with E-state index in [1.54, 1.807) is 0 Å². The van der Waals surface area contributed by atoms with Crippen LogP contribution in [0.15, 0.2) is 41.5 Å². The van der Waals surface area contributed by atoms with Crippen LogP contribution in [-0.4, -0.2) is 61.7 Å². The summed E-state index contributed by atoms with van der Waals surface area (Å²) in [4.78, 5) is 18.5. The molecule has 5 atom stereocenters. The van der Waals surface area contributed by atoms with Crippen molar-refractivity contribution >= 4 is 5.95 Å². The maximum absolute atomic E-state index is 11.4. The molecule has 10 nitrogen and oxygen atoms in total. The molecule has 2 aliphatic carbocycles. The maximum atomic E-state index is 11.4. The molecule has 3 aliphatic rings. The summed E-state index contributed by atoms with van der Waals surface area (Å²) in [7, 11) is 0. The fraction of sp³-hybridized carbons (Fsp3) is 0.609. The summed E-state index contributed by atoms with van der Waals surface area (Å²) >= 11 is 0. The first-order valence-electron chi connectivity index (χ1n) is 11.7. The molecule has 1 aliphatic heterocycles. The molecule has 0 amide bonds. The first-order chi connectivity index (χ1) is 15.9. The van der Waals surface area contributed by atoms with Crippen LogP contribution >= 0.6 is 0 Å². The lowest BCUT2D eigenvalue weighted by Gasteiger charge is -2.27. The van der Waals surface area contributed by atoms with Crippen LogP contribution in [0.2, 0.25) is 0 Å². The van der Waals surface area contributed by atoms with E-state index >= 15 is 0 Å². The monoisotopic (exact) mass is 458 g/mol. The lowest BCUT2D eigenvalue weighted by atomic mass is 9.92. The van der Waals surface area contributed by atoms with Crippen molar-refractivity contribution in [3.8, 4) is 0 Å². The first kappa shape index (κ1) is 23.8. The van der Waals surface area contributed by atoms with E-state index in [2.05, 4.69) is 45.6 Å². The molecule has 33 heavy (non-hydrogen) atoms. The highest BCUT2D eigenvalue weighted by Gasteiger charge is 2.39. The number of nitrogens with zero attached hydrogens (tertiary/aromatic N) is 3. The van der Waals surface area contributed by atoms with E-state index in [-0.39, 0.29) is 19.0 Å². The average molecular weight is 459 g/mol. The zero-order valence-corrected chi connectivity index (χ0v) is 18.7. The molecule has 0 radical (unpaired) electrons. The molecule has 0 spiro atoms. The molecule has 0 bridgehead atoms. The summed E-state index contributed by atoms with van der Waals surface area (Å²) in [5, 5.41) is 22.2. The Morgan fingerprint density at radius 1 is 1.15 bits per heavy atom. The maximum Gasteiger partial charge on any atom is 0.354 e. The van der Waals surface area contributed by atoms with Gasteiger partial charge in [-0.1, -0.05) is 30.3 Å². The zero-order chi connectivity index (χ0) is 23.4. The summed E-state index contributed by atoms with van der Waals surface area (Å²) in [6.07, 6.45) is 5.49. The fourth-order valence-corrected chi connectivity index (χ4v) is 4.64. The molecule has 2 saturated carbocycles. The number of hydrogen-bond donors (Lipinski definition) is 5. The highest BCUT2D eigenvalue weighted by Crippen LogP contribution is 2.41. The van der Waals surface area contributed by atoms with E-state index in [9.17, 15) is 9.90 Å². The number of aliphatic hydroxyl groups is 2. The van der Waals surface area contributed by atoms with Crippen molar-refractivity contribution in [1.82, 2.24) is 19.9 Å². The molecule has 1 aromatic carbocycles.